The van der Waals surface area contributed by atoms with Crippen LogP contribution in [0.5, 0.6) is 0 Å². The third-order valence-electron chi connectivity index (χ3n) is 8.56. The summed E-state index contributed by atoms with van der Waals surface area (Å²) in [4.78, 5) is 119. The smallest absolute Gasteiger partial charge is 0.463 e. The van der Waals surface area contributed by atoms with Crippen molar-refractivity contribution >= 4 is 95.3 Å². The summed E-state index contributed by atoms with van der Waals surface area (Å²) < 4.78 is 107. The average molecular weight is 1210 g/mol. The molecule has 2 aromatic rings. The van der Waals surface area contributed by atoms with Gasteiger partial charge >= 0.3 is 68.8 Å². The Balaban J connectivity index is 0. The van der Waals surface area contributed by atoms with Gasteiger partial charge in [0.25, 0.3) is 0 Å². The predicted molar refractivity (Wildman–Crippen MR) is 267 cm³/mol. The van der Waals surface area contributed by atoms with Crippen LogP contribution in [-0.2, 0) is 90.2 Å². The van der Waals surface area contributed by atoms with Gasteiger partial charge < -0.3 is 62.9 Å². The van der Waals surface area contributed by atoms with Crippen molar-refractivity contribution in [3.63, 3.8) is 0 Å². The SMILES string of the molecule is CC(=O)OC[C@H]1OC(OC(C)=O)[C@H](OC(C)=O)[C@@H]1OC(C)=O.CC(=O)OC[C@H]1O[C@@H](n2cnc(N)nc2=O)[C@H](OC(C)=O)[C@@H]1OC(C)=O.CCN(CC)CC.C[Si](C)(C)OS(=O)(=O)C(F)(F)F.ClCCl.Nc1ncnc(=O)[nH]1. The summed E-state index contributed by atoms with van der Waals surface area (Å²) in [6.07, 6.45) is -6.74. The van der Waals surface area contributed by atoms with Gasteiger partial charge in [-0.2, -0.15) is 31.6 Å². The predicted octanol–water partition coefficient (Wildman–Crippen LogP) is 1.45. The van der Waals surface area contributed by atoms with Crippen LogP contribution in [0, 0.1) is 0 Å². The number of aromatic amines is 1. The van der Waals surface area contributed by atoms with Gasteiger partial charge in [0, 0.05) is 48.5 Å². The first-order valence-corrected chi connectivity index (χ1v) is 28.5. The molecule has 0 spiro atoms. The number of hydrogen-bond donors (Lipinski definition) is 3. The number of rotatable bonds is 15. The Hall–Kier alpha value is -6.11. The number of esters is 7. The fraction of sp³-hybridized carbons (Fsp3) is 0.683. The molecule has 0 radical (unpaired) electrons. The van der Waals surface area contributed by atoms with Crippen molar-refractivity contribution in [3.05, 3.63) is 33.6 Å². The third-order valence-corrected chi connectivity index (χ3v) is 12.0. The number of nitrogens with one attached hydrogen (secondary N) is 1. The second kappa shape index (κ2) is 36.1. The van der Waals surface area contributed by atoms with Gasteiger partial charge in [-0.05, 0) is 39.3 Å². The molecule has 2 fully saturated rings. The van der Waals surface area contributed by atoms with Gasteiger partial charge in [-0.3, -0.25) is 43.1 Å². The molecule has 8 atom stereocenters. The summed E-state index contributed by atoms with van der Waals surface area (Å²) in [5.74, 6) is -4.68. The van der Waals surface area contributed by atoms with E-state index in [4.69, 9.17) is 77.3 Å². The van der Waals surface area contributed by atoms with Crippen LogP contribution in [0.4, 0.5) is 25.1 Å². The largest absolute Gasteiger partial charge is 0.522 e. The molecule has 0 aromatic carbocycles. The zero-order valence-corrected chi connectivity index (χ0v) is 48.1. The quantitative estimate of drug-likeness (QED) is 0.0747. The van der Waals surface area contributed by atoms with Gasteiger partial charge in [0.15, 0.2) is 24.5 Å². The molecule has 0 aliphatic carbocycles. The Morgan fingerprint density at radius 2 is 1.10 bits per heavy atom. The Bertz CT molecular complexity index is 2470. The highest BCUT2D eigenvalue weighted by Crippen LogP contribution is 2.34. The van der Waals surface area contributed by atoms with E-state index in [-0.39, 0.29) is 30.4 Å². The summed E-state index contributed by atoms with van der Waals surface area (Å²) >= 11 is 9.53. The molecule has 2 aromatic heterocycles. The maximum atomic E-state index is 12.1. The monoisotopic (exact) mass is 1210 g/mol. The van der Waals surface area contributed by atoms with Gasteiger partial charge in [-0.1, -0.05) is 20.8 Å². The van der Waals surface area contributed by atoms with Crippen molar-refractivity contribution < 1.29 is 102 Å². The third kappa shape index (κ3) is 30.7. The number of nitrogens with two attached hydrogens (primary N) is 2. The van der Waals surface area contributed by atoms with Crippen LogP contribution < -0.4 is 22.8 Å². The zero-order valence-electron chi connectivity index (χ0n) is 44.7. The van der Waals surface area contributed by atoms with E-state index in [0.29, 0.717) is 0 Å². The van der Waals surface area contributed by atoms with Crippen LogP contribution in [0.3, 0.4) is 0 Å². The average Bonchev–Trinajstić information content (AvgIpc) is 3.75. The highest BCUT2D eigenvalue weighted by Gasteiger charge is 2.53. The fourth-order valence-electron chi connectivity index (χ4n) is 5.75. The van der Waals surface area contributed by atoms with Gasteiger partial charge in [0.05, 0.1) is 5.34 Å². The molecule has 4 heterocycles. The van der Waals surface area contributed by atoms with Crippen LogP contribution in [-0.4, -0.2) is 180 Å². The van der Waals surface area contributed by atoms with Crippen LogP contribution in [0.1, 0.15) is 75.5 Å². The van der Waals surface area contributed by atoms with E-state index in [1.807, 2.05) is 0 Å². The van der Waals surface area contributed by atoms with Crippen molar-refractivity contribution in [2.45, 2.75) is 144 Å². The van der Waals surface area contributed by atoms with E-state index in [2.05, 4.69) is 54.5 Å². The summed E-state index contributed by atoms with van der Waals surface area (Å²) in [5, 5.41) is 0.194. The standard InChI is InChI=1S/C14H18N4O8.C13H18O9.C6H15N.C4H9F3O3SSi.C3H4N4O.CH2Cl2/c1-6(19)23-4-9-10(24-7(2)20)11(25-8(3)21)12(26-9)18-5-16-13(15)17-14(18)22;1-6(14)18-5-10-11(19-7(2)15)12(20-8(3)16)13(22-10)21-9(4)17;1-4-7(5-2)6-3;1-12(2,3)10-11(8,9)4(5,6)7;4-2-5-1-6-3(8)7-2;2-1-3/h5,9-12H,4H2,1-3H3,(H2,15,17,22);10-13H,5H2,1-4H3;4-6H2,1-3H3;1-3H3;1H,(H3,4,5,6,7,8);1H2/t9-,10-,11-,12-;10-,11-,12-,13?;;;;/m11..../s1. The molecule has 446 valence electrons. The van der Waals surface area contributed by atoms with Crippen LogP contribution in [0.15, 0.2) is 22.2 Å². The summed E-state index contributed by atoms with van der Waals surface area (Å²) in [7, 11) is -8.10. The van der Waals surface area contributed by atoms with Gasteiger partial charge in [-0.15, -0.1) is 23.2 Å². The lowest BCUT2D eigenvalue weighted by atomic mass is 10.1. The molecule has 2 aliphatic heterocycles. The fourth-order valence-corrected chi connectivity index (χ4v) is 8.76. The summed E-state index contributed by atoms with van der Waals surface area (Å²) in [6.45, 7) is 21.8. The summed E-state index contributed by atoms with van der Waals surface area (Å²) in [5.41, 5.74) is 3.81. The second-order valence-corrected chi connectivity index (χ2v) is 23.1. The van der Waals surface area contributed by atoms with E-state index >= 15 is 0 Å². The number of alkyl halides is 5. The molecule has 4 rings (SSSR count). The first-order chi connectivity index (χ1) is 35.9. The molecule has 0 saturated carbocycles. The van der Waals surface area contributed by atoms with Crippen molar-refractivity contribution in [2.24, 2.45) is 0 Å². The Labute approximate surface area is 456 Å². The second-order valence-electron chi connectivity index (χ2n) is 16.0. The van der Waals surface area contributed by atoms with E-state index in [1.165, 1.54) is 53.1 Å². The van der Waals surface area contributed by atoms with Gasteiger partial charge in [-0.25, -0.2) is 19.6 Å². The number of carbonyl (C=O) groups is 7. The number of carbonyl (C=O) groups excluding carboxylic acids is 7. The van der Waals surface area contributed by atoms with Crippen LogP contribution in [0.2, 0.25) is 19.6 Å². The summed E-state index contributed by atoms with van der Waals surface area (Å²) in [6, 6.07) is 0. The Morgan fingerprint density at radius 1 is 0.692 bits per heavy atom. The molecule has 37 heteroatoms. The molecule has 2 saturated heterocycles. The molecule has 5 N–H and O–H groups in total. The first kappa shape index (κ1) is 74.0. The lowest BCUT2D eigenvalue weighted by Crippen LogP contribution is -2.42. The first-order valence-electron chi connectivity index (χ1n) is 22.6. The molecule has 1 unspecified atom stereocenters. The van der Waals surface area contributed by atoms with E-state index in [0.717, 1.165) is 51.8 Å². The van der Waals surface area contributed by atoms with E-state index in [9.17, 15) is 64.7 Å². The van der Waals surface area contributed by atoms with Crippen molar-refractivity contribution in [1.29, 1.82) is 0 Å². The van der Waals surface area contributed by atoms with Gasteiger partial charge in [0.1, 0.15) is 38.1 Å². The van der Waals surface area contributed by atoms with Crippen molar-refractivity contribution in [3.8, 4) is 0 Å². The number of aromatic nitrogens is 6. The number of ether oxygens (including phenoxy) is 9. The van der Waals surface area contributed by atoms with Crippen LogP contribution in [0.25, 0.3) is 0 Å². The zero-order chi connectivity index (χ0) is 60.9. The maximum Gasteiger partial charge on any atom is 0.522 e. The topological polar surface area (TPSA) is 408 Å². The number of halogens is 5. The molecular weight excluding hydrogens is 1140 g/mol. The molecular formula is C41H66Cl2F3N9O21SSi. The number of H-pyrrole nitrogens is 1. The number of nitrogen functional groups attached to an aromatic ring is 2. The maximum absolute atomic E-state index is 12.1. The number of nitrogens with zero attached hydrogens (tertiary/aromatic N) is 6. The van der Waals surface area contributed by atoms with Gasteiger partial charge in [0.2, 0.25) is 32.6 Å². The normalized spacial score (nSPS) is 20.2. The van der Waals surface area contributed by atoms with E-state index in [1.54, 1.807) is 0 Å². The molecule has 2 aliphatic rings. The molecule has 0 amide bonds. The molecule has 78 heavy (non-hydrogen) atoms. The van der Waals surface area contributed by atoms with Crippen molar-refractivity contribution in [1.82, 2.24) is 34.4 Å². The highest BCUT2D eigenvalue weighted by molar-refractivity contribution is 7.88. The minimum atomic E-state index is -5.39. The lowest BCUT2D eigenvalue weighted by Gasteiger charge is -2.23. The Morgan fingerprint density at radius 3 is 1.42 bits per heavy atom. The lowest BCUT2D eigenvalue weighted by molar-refractivity contribution is -0.197. The highest BCUT2D eigenvalue weighted by atomic mass is 35.5. The van der Waals surface area contributed by atoms with Crippen molar-refractivity contribution in [2.75, 3.05) is 49.7 Å². The number of anilines is 2. The molecule has 0 bridgehead atoms. The van der Waals surface area contributed by atoms with Crippen LogP contribution >= 0.6 is 23.2 Å². The number of hydrogen-bond acceptors (Lipinski definition) is 28. The minimum Gasteiger partial charge on any atom is -0.463 e. The Kier molecular flexibility index (Phi) is 34.3. The minimum absolute atomic E-state index is 0.0880. The molecule has 30 nitrogen and oxygen atoms in total. The van der Waals surface area contributed by atoms with E-state index < -0.39 is 126 Å².